The third kappa shape index (κ3) is 6.41. The minimum absolute atomic E-state index is 0.00712. The van der Waals surface area contributed by atoms with Crippen LogP contribution in [0.1, 0.15) is 58.6 Å². The zero-order valence-electron chi connectivity index (χ0n) is 21.5. The van der Waals surface area contributed by atoms with Gasteiger partial charge in [0.05, 0.1) is 6.54 Å². The summed E-state index contributed by atoms with van der Waals surface area (Å²) in [4.78, 5) is 36.9. The van der Waals surface area contributed by atoms with Crippen LogP contribution in [-0.4, -0.2) is 43.1 Å². The fourth-order valence-electron chi connectivity index (χ4n) is 4.29. The highest BCUT2D eigenvalue weighted by Gasteiger charge is 2.42. The lowest BCUT2D eigenvalue weighted by atomic mass is 9.77. The molecule has 0 fully saturated rings. The standard InChI is InChI=1S/C28H37N3O4/c1-17(2)18(3)31-24(33)16-29-23(32)15-30-27(34)35-26(28(4,5)6)25-21-13-9-7-11-19(21)20-12-8-10-14-22(20)25/h7-14,17-18,25-26H,15-16H2,1-6H3,(H,29,32)(H,30,34)(H,31,33)/t18?,26-/m0/s1. The van der Waals surface area contributed by atoms with Gasteiger partial charge in [0, 0.05) is 12.0 Å². The van der Waals surface area contributed by atoms with E-state index >= 15 is 0 Å². The molecule has 0 spiro atoms. The first kappa shape index (κ1) is 26.3. The van der Waals surface area contributed by atoms with Crippen LogP contribution in [0.15, 0.2) is 48.5 Å². The average Bonchev–Trinajstić information content (AvgIpc) is 3.13. The number of ether oxygens (including phenoxy) is 1. The Labute approximate surface area is 208 Å². The summed E-state index contributed by atoms with van der Waals surface area (Å²) in [5, 5.41) is 7.88. The fraction of sp³-hybridized carbons (Fsp3) is 0.464. The Hall–Kier alpha value is -3.35. The molecule has 3 N–H and O–H groups in total. The first-order valence-electron chi connectivity index (χ1n) is 12.2. The first-order chi connectivity index (χ1) is 16.5. The lowest BCUT2D eigenvalue weighted by molar-refractivity contribution is -0.126. The van der Waals surface area contributed by atoms with Gasteiger partial charge in [0.1, 0.15) is 12.6 Å². The molecular weight excluding hydrogens is 442 g/mol. The van der Waals surface area contributed by atoms with Crippen LogP contribution in [0.25, 0.3) is 11.1 Å². The number of rotatable bonds is 8. The minimum Gasteiger partial charge on any atom is -0.445 e. The summed E-state index contributed by atoms with van der Waals surface area (Å²) in [6.07, 6.45) is -1.13. The Morgan fingerprint density at radius 1 is 0.829 bits per heavy atom. The fourth-order valence-corrected chi connectivity index (χ4v) is 4.29. The number of nitrogens with one attached hydrogen (secondary N) is 3. The second-order valence-electron chi connectivity index (χ2n) is 10.6. The molecule has 2 atom stereocenters. The predicted molar refractivity (Wildman–Crippen MR) is 137 cm³/mol. The first-order valence-corrected chi connectivity index (χ1v) is 12.2. The van der Waals surface area contributed by atoms with Crippen molar-refractivity contribution in [3.05, 3.63) is 59.7 Å². The van der Waals surface area contributed by atoms with E-state index in [-0.39, 0.29) is 36.4 Å². The summed E-state index contributed by atoms with van der Waals surface area (Å²) < 4.78 is 5.96. The van der Waals surface area contributed by atoms with Crippen LogP contribution in [-0.2, 0) is 14.3 Å². The van der Waals surface area contributed by atoms with Crippen LogP contribution in [0.2, 0.25) is 0 Å². The van der Waals surface area contributed by atoms with Crippen LogP contribution in [0.4, 0.5) is 4.79 Å². The van der Waals surface area contributed by atoms with Gasteiger partial charge < -0.3 is 20.7 Å². The van der Waals surface area contributed by atoms with Gasteiger partial charge in [0.2, 0.25) is 11.8 Å². The van der Waals surface area contributed by atoms with E-state index in [2.05, 4.69) is 40.2 Å². The molecule has 2 aromatic rings. The Morgan fingerprint density at radius 3 is 1.86 bits per heavy atom. The molecule has 0 saturated carbocycles. The summed E-state index contributed by atoms with van der Waals surface area (Å²) in [6, 6.07) is 16.4. The number of benzene rings is 2. The molecule has 3 rings (SSSR count). The zero-order valence-corrected chi connectivity index (χ0v) is 21.5. The van der Waals surface area contributed by atoms with Crippen molar-refractivity contribution in [3.63, 3.8) is 0 Å². The van der Waals surface area contributed by atoms with Crippen LogP contribution in [0.5, 0.6) is 0 Å². The van der Waals surface area contributed by atoms with Crippen molar-refractivity contribution in [2.75, 3.05) is 13.1 Å². The molecule has 1 aliphatic rings. The molecule has 0 bridgehead atoms. The summed E-state index contributed by atoms with van der Waals surface area (Å²) in [5.41, 5.74) is 4.19. The van der Waals surface area contributed by atoms with Gasteiger partial charge in [-0.25, -0.2) is 4.79 Å². The van der Waals surface area contributed by atoms with Crippen molar-refractivity contribution in [2.45, 2.75) is 59.6 Å². The molecule has 0 aliphatic heterocycles. The normalized spacial score (nSPS) is 14.5. The zero-order chi connectivity index (χ0) is 25.8. The highest BCUT2D eigenvalue weighted by atomic mass is 16.6. The number of amides is 3. The van der Waals surface area contributed by atoms with E-state index in [0.717, 1.165) is 22.3 Å². The summed E-state index contributed by atoms with van der Waals surface area (Å²) in [7, 11) is 0. The molecule has 35 heavy (non-hydrogen) atoms. The predicted octanol–water partition coefficient (Wildman–Crippen LogP) is 4.22. The summed E-state index contributed by atoms with van der Waals surface area (Å²) in [6.45, 7) is 11.6. The number of fused-ring (bicyclic) bond motifs is 3. The second-order valence-corrected chi connectivity index (χ2v) is 10.6. The van der Waals surface area contributed by atoms with Gasteiger partial charge in [0.25, 0.3) is 0 Å². The monoisotopic (exact) mass is 479 g/mol. The van der Waals surface area contributed by atoms with Crippen LogP contribution in [0, 0.1) is 11.3 Å². The van der Waals surface area contributed by atoms with Gasteiger partial charge in [-0.2, -0.15) is 0 Å². The number of carbonyl (C=O) groups excluding carboxylic acids is 3. The van der Waals surface area contributed by atoms with Crippen molar-refractivity contribution < 1.29 is 19.1 Å². The minimum atomic E-state index is -0.667. The number of alkyl carbamates (subject to hydrolysis) is 1. The quantitative estimate of drug-likeness (QED) is 0.528. The van der Waals surface area contributed by atoms with E-state index in [1.54, 1.807) is 0 Å². The molecule has 0 radical (unpaired) electrons. The Balaban J connectivity index is 1.63. The van der Waals surface area contributed by atoms with Gasteiger partial charge in [-0.15, -0.1) is 0 Å². The second kappa shape index (κ2) is 10.9. The highest BCUT2D eigenvalue weighted by molar-refractivity contribution is 5.87. The van der Waals surface area contributed by atoms with E-state index in [0.29, 0.717) is 5.92 Å². The smallest absolute Gasteiger partial charge is 0.407 e. The Bertz CT molecular complexity index is 1030. The van der Waals surface area contributed by atoms with E-state index in [1.807, 2.05) is 65.8 Å². The molecule has 3 amide bonds. The van der Waals surface area contributed by atoms with E-state index < -0.39 is 18.1 Å². The van der Waals surface area contributed by atoms with Crippen molar-refractivity contribution in [2.24, 2.45) is 11.3 Å². The largest absolute Gasteiger partial charge is 0.445 e. The lowest BCUT2D eigenvalue weighted by Crippen LogP contribution is -2.46. The maximum absolute atomic E-state index is 12.8. The summed E-state index contributed by atoms with van der Waals surface area (Å²) >= 11 is 0. The molecule has 7 heteroatoms. The third-order valence-electron chi connectivity index (χ3n) is 6.50. The topological polar surface area (TPSA) is 96.5 Å². The number of hydrogen-bond acceptors (Lipinski definition) is 4. The number of carbonyl (C=O) groups is 3. The van der Waals surface area contributed by atoms with Crippen molar-refractivity contribution in [1.82, 2.24) is 16.0 Å². The van der Waals surface area contributed by atoms with Gasteiger partial charge >= 0.3 is 6.09 Å². The maximum atomic E-state index is 12.8. The molecule has 0 saturated heterocycles. The molecule has 0 aromatic heterocycles. The maximum Gasteiger partial charge on any atom is 0.407 e. The molecule has 1 unspecified atom stereocenters. The van der Waals surface area contributed by atoms with Crippen LogP contribution < -0.4 is 16.0 Å². The van der Waals surface area contributed by atoms with E-state index in [9.17, 15) is 14.4 Å². The lowest BCUT2D eigenvalue weighted by Gasteiger charge is -2.35. The van der Waals surface area contributed by atoms with Crippen molar-refractivity contribution in [1.29, 1.82) is 0 Å². The number of hydrogen-bond donors (Lipinski definition) is 3. The molecule has 188 valence electrons. The van der Waals surface area contributed by atoms with Gasteiger partial charge in [-0.1, -0.05) is 83.1 Å². The van der Waals surface area contributed by atoms with Crippen LogP contribution >= 0.6 is 0 Å². The molecule has 7 nitrogen and oxygen atoms in total. The van der Waals surface area contributed by atoms with E-state index in [4.69, 9.17) is 4.74 Å². The molecular formula is C28H37N3O4. The third-order valence-corrected chi connectivity index (χ3v) is 6.50. The van der Waals surface area contributed by atoms with Gasteiger partial charge in [-0.05, 0) is 40.5 Å². The molecule has 1 aliphatic carbocycles. The molecule has 0 heterocycles. The van der Waals surface area contributed by atoms with Crippen molar-refractivity contribution >= 4 is 17.9 Å². The van der Waals surface area contributed by atoms with E-state index in [1.165, 1.54) is 0 Å². The van der Waals surface area contributed by atoms with Crippen molar-refractivity contribution in [3.8, 4) is 11.1 Å². The Morgan fingerprint density at radius 2 is 1.34 bits per heavy atom. The molecule has 2 aromatic carbocycles. The van der Waals surface area contributed by atoms with Gasteiger partial charge in [0.15, 0.2) is 0 Å². The van der Waals surface area contributed by atoms with Crippen LogP contribution in [0.3, 0.4) is 0 Å². The van der Waals surface area contributed by atoms with Gasteiger partial charge in [-0.3, -0.25) is 9.59 Å². The SMILES string of the molecule is CC(C)C(C)NC(=O)CNC(=O)CNC(=O)O[C@@H](C1c2ccccc2-c2ccccc21)C(C)(C)C. The average molecular weight is 480 g/mol. The highest BCUT2D eigenvalue weighted by Crippen LogP contribution is 2.50. The summed E-state index contributed by atoms with van der Waals surface area (Å²) in [5.74, 6) is -0.555. The Kier molecular flexibility index (Phi) is 8.20.